The van der Waals surface area contributed by atoms with Crippen molar-refractivity contribution in [3.8, 4) is 0 Å². The normalized spacial score (nSPS) is 32.3. The van der Waals surface area contributed by atoms with Crippen molar-refractivity contribution in [3.05, 3.63) is 65.5 Å². The zero-order valence-electron chi connectivity index (χ0n) is 22.8. The Morgan fingerprint density at radius 3 is 2.86 bits per heavy atom. The molecule has 2 bridgehead atoms. The van der Waals surface area contributed by atoms with Gasteiger partial charge in [-0.3, -0.25) is 4.98 Å². The van der Waals surface area contributed by atoms with Crippen LogP contribution in [-0.2, 0) is 4.74 Å². The minimum Gasteiger partial charge on any atom is -0.359 e. The maximum absolute atomic E-state index is 7.41. The van der Waals surface area contributed by atoms with Gasteiger partial charge in [0.1, 0.15) is 0 Å². The van der Waals surface area contributed by atoms with Gasteiger partial charge in [0, 0.05) is 29.9 Å². The van der Waals surface area contributed by atoms with Gasteiger partial charge < -0.3 is 9.64 Å². The summed E-state index contributed by atoms with van der Waals surface area (Å²) in [7, 11) is 2.32. The van der Waals surface area contributed by atoms with Crippen LogP contribution in [0.15, 0.2) is 60.0 Å². The lowest BCUT2D eigenvalue weighted by Crippen LogP contribution is -2.53. The van der Waals surface area contributed by atoms with E-state index in [0.29, 0.717) is 23.9 Å². The van der Waals surface area contributed by atoms with E-state index in [1.807, 2.05) is 12.4 Å². The van der Waals surface area contributed by atoms with Gasteiger partial charge in [0.2, 0.25) is 0 Å². The summed E-state index contributed by atoms with van der Waals surface area (Å²) in [6, 6.07) is 10.3. The van der Waals surface area contributed by atoms with E-state index >= 15 is 0 Å². The van der Waals surface area contributed by atoms with Crippen molar-refractivity contribution in [3.63, 3.8) is 0 Å². The fourth-order valence-corrected chi connectivity index (χ4v) is 8.03. The van der Waals surface area contributed by atoms with Crippen LogP contribution < -0.4 is 0 Å². The number of pyridine rings is 1. The fraction of sp³-hybridized carbons (Fsp3) is 0.606. The van der Waals surface area contributed by atoms with E-state index in [9.17, 15) is 0 Å². The number of aromatic nitrogens is 1. The van der Waals surface area contributed by atoms with E-state index in [4.69, 9.17) is 4.74 Å². The summed E-state index contributed by atoms with van der Waals surface area (Å²) >= 11 is 0. The van der Waals surface area contributed by atoms with Crippen molar-refractivity contribution in [2.45, 2.75) is 114 Å². The van der Waals surface area contributed by atoms with Gasteiger partial charge in [-0.15, -0.1) is 0 Å². The van der Waals surface area contributed by atoms with Crippen LogP contribution in [0, 0.1) is 5.92 Å². The molecule has 0 N–H and O–H groups in total. The molecule has 1 unspecified atom stereocenters. The molecule has 1 saturated carbocycles. The van der Waals surface area contributed by atoms with Gasteiger partial charge in [-0.25, -0.2) is 0 Å². The van der Waals surface area contributed by atoms with Crippen molar-refractivity contribution < 1.29 is 4.74 Å². The van der Waals surface area contributed by atoms with Crippen LogP contribution in [0.5, 0.6) is 0 Å². The van der Waals surface area contributed by atoms with Gasteiger partial charge in [-0.05, 0) is 131 Å². The molecule has 36 heavy (non-hydrogen) atoms. The lowest BCUT2D eigenvalue weighted by atomic mass is 9.69. The molecule has 2 aliphatic heterocycles. The molecule has 1 aromatic heterocycles. The maximum atomic E-state index is 7.41. The molecule has 192 valence electrons. The molecule has 2 fully saturated rings. The summed E-state index contributed by atoms with van der Waals surface area (Å²) in [6.07, 6.45) is 21.3. The fourth-order valence-electron chi connectivity index (χ4n) is 8.03. The highest BCUT2D eigenvalue weighted by Gasteiger charge is 2.60. The number of benzene rings is 1. The first kappa shape index (κ1) is 24.4. The number of nitrogens with zero attached hydrogens (tertiary/aromatic N) is 2. The quantitative estimate of drug-likeness (QED) is 0.398. The van der Waals surface area contributed by atoms with Gasteiger partial charge in [0.05, 0.1) is 11.2 Å². The average Bonchev–Trinajstić information content (AvgIpc) is 3.20. The molecule has 3 heterocycles. The molecule has 3 nitrogen and oxygen atoms in total. The third-order valence-corrected chi connectivity index (χ3v) is 10.4. The lowest BCUT2D eigenvalue weighted by molar-refractivity contribution is -0.124. The van der Waals surface area contributed by atoms with Gasteiger partial charge in [0.15, 0.2) is 0 Å². The summed E-state index contributed by atoms with van der Waals surface area (Å²) in [5, 5.41) is 2.55. The van der Waals surface area contributed by atoms with Crippen LogP contribution in [-0.4, -0.2) is 40.2 Å². The van der Waals surface area contributed by atoms with E-state index in [1.165, 1.54) is 86.1 Å². The van der Waals surface area contributed by atoms with Crippen LogP contribution in [0.4, 0.5) is 0 Å². The van der Waals surface area contributed by atoms with Crippen LogP contribution in [0.1, 0.15) is 96.5 Å². The monoisotopic (exact) mass is 484 g/mol. The summed E-state index contributed by atoms with van der Waals surface area (Å²) < 4.78 is 7.41. The molecular weight excluding hydrogens is 440 g/mol. The van der Waals surface area contributed by atoms with Crippen LogP contribution in [0.25, 0.3) is 10.8 Å². The second-order valence-electron chi connectivity index (χ2n) is 12.4. The standard InChI is InChI=1S/C33H44N2O/c1-5-24(26-10-9-25-15-18-34-22-27(25)19-26)11-12-28-7-6-8-30-20-29-13-14-31(35(4)23(2)3)21-32(29)16-17-33(28,30)36-32/h8-10,15,18-20,22-24,28,31H,5-7,11-14,16-17,21H2,1-4H3/t24?,28-,31-,32+,33-/m0/s1. The minimum absolute atomic E-state index is 0.00546. The van der Waals surface area contributed by atoms with Gasteiger partial charge in [0.25, 0.3) is 0 Å². The molecule has 2 spiro atoms. The predicted octanol–water partition coefficient (Wildman–Crippen LogP) is 7.97. The first-order valence-corrected chi connectivity index (χ1v) is 14.6. The molecule has 3 heteroatoms. The third-order valence-electron chi connectivity index (χ3n) is 10.4. The highest BCUT2D eigenvalue weighted by atomic mass is 16.5. The average molecular weight is 485 g/mol. The summed E-state index contributed by atoms with van der Waals surface area (Å²) in [5.41, 5.74) is 4.57. The lowest BCUT2D eigenvalue weighted by Gasteiger charge is -2.51. The summed E-state index contributed by atoms with van der Waals surface area (Å²) in [5.74, 6) is 1.23. The number of rotatable bonds is 7. The van der Waals surface area contributed by atoms with Crippen LogP contribution >= 0.6 is 0 Å². The molecule has 0 radical (unpaired) electrons. The van der Waals surface area contributed by atoms with E-state index in [-0.39, 0.29) is 11.2 Å². The highest BCUT2D eigenvalue weighted by molar-refractivity contribution is 5.82. The Morgan fingerprint density at radius 1 is 1.14 bits per heavy atom. The topological polar surface area (TPSA) is 25.4 Å². The van der Waals surface area contributed by atoms with E-state index in [0.717, 1.165) is 0 Å². The number of hydrogen-bond donors (Lipinski definition) is 0. The van der Waals surface area contributed by atoms with Crippen LogP contribution in [0.3, 0.4) is 0 Å². The highest BCUT2D eigenvalue weighted by Crippen LogP contribution is 2.61. The Kier molecular flexibility index (Phi) is 6.37. The van der Waals surface area contributed by atoms with E-state index < -0.39 is 0 Å². The van der Waals surface area contributed by atoms with E-state index in [1.54, 1.807) is 5.57 Å². The Bertz CT molecular complexity index is 1180. The molecule has 1 saturated heterocycles. The Balaban J connectivity index is 1.22. The number of ether oxygens (including phenoxy) is 1. The Hall–Kier alpha value is -1.97. The molecule has 2 aliphatic carbocycles. The van der Waals surface area contributed by atoms with Gasteiger partial charge >= 0.3 is 0 Å². The first-order valence-electron chi connectivity index (χ1n) is 14.6. The third kappa shape index (κ3) is 3.98. The molecule has 1 aromatic carbocycles. The molecule has 0 amide bonds. The van der Waals surface area contributed by atoms with Crippen molar-refractivity contribution in [1.29, 1.82) is 0 Å². The zero-order valence-corrected chi connectivity index (χ0v) is 22.8. The SMILES string of the molecule is CCC(CC[C@@H]1CCC=C2C=C3CC[C@H](N(C)C(C)C)C[C@]34CC[C@@]21O4)c1ccc2ccncc2c1. The number of fused-ring (bicyclic) bond motifs is 1. The van der Waals surface area contributed by atoms with Gasteiger partial charge in [-0.2, -0.15) is 0 Å². The van der Waals surface area contributed by atoms with Crippen molar-refractivity contribution in [1.82, 2.24) is 9.88 Å². The smallest absolute Gasteiger partial charge is 0.0969 e. The second kappa shape index (κ2) is 9.40. The molecular formula is C33H44N2O. The molecule has 4 aliphatic rings. The number of hydrogen-bond acceptors (Lipinski definition) is 3. The predicted molar refractivity (Wildman–Crippen MR) is 149 cm³/mol. The molecule has 5 atom stereocenters. The Morgan fingerprint density at radius 2 is 2.03 bits per heavy atom. The van der Waals surface area contributed by atoms with Crippen LogP contribution in [0.2, 0.25) is 0 Å². The second-order valence-corrected chi connectivity index (χ2v) is 12.4. The van der Waals surface area contributed by atoms with E-state index in [2.05, 4.69) is 74.1 Å². The van der Waals surface area contributed by atoms with Crippen molar-refractivity contribution in [2.24, 2.45) is 5.92 Å². The molecule has 2 aromatic rings. The van der Waals surface area contributed by atoms with Crippen molar-refractivity contribution >= 4 is 10.8 Å². The molecule has 6 rings (SSSR count). The first-order chi connectivity index (χ1) is 17.4. The summed E-state index contributed by atoms with van der Waals surface area (Å²) in [6.45, 7) is 7.01. The Labute approximate surface area is 218 Å². The zero-order chi connectivity index (χ0) is 24.9. The number of allylic oxidation sites excluding steroid dienone is 1. The largest absolute Gasteiger partial charge is 0.359 e. The van der Waals surface area contributed by atoms with Crippen molar-refractivity contribution in [2.75, 3.05) is 7.05 Å². The maximum Gasteiger partial charge on any atom is 0.0969 e. The summed E-state index contributed by atoms with van der Waals surface area (Å²) in [4.78, 5) is 6.95. The minimum atomic E-state index is -0.0361. The van der Waals surface area contributed by atoms with Gasteiger partial charge in [-0.1, -0.05) is 31.2 Å².